The zero-order chi connectivity index (χ0) is 10.1. The van der Waals surface area contributed by atoms with Crippen LogP contribution in [-0.2, 0) is 0 Å². The van der Waals surface area contributed by atoms with E-state index in [-0.39, 0.29) is 12.4 Å². The molecule has 14 heavy (non-hydrogen) atoms. The maximum atomic E-state index is 10.6. The summed E-state index contributed by atoms with van der Waals surface area (Å²) in [5.74, 6) is 0.548. The highest BCUT2D eigenvalue weighted by Crippen LogP contribution is 2.07. The first kappa shape index (κ1) is 15.2. The van der Waals surface area contributed by atoms with E-state index in [0.717, 1.165) is 0 Å². The van der Waals surface area contributed by atoms with Crippen LogP contribution >= 0.6 is 12.4 Å². The Balaban J connectivity index is 0. The van der Waals surface area contributed by atoms with Gasteiger partial charge in [-0.3, -0.25) is 0 Å². The maximum absolute atomic E-state index is 10.6. The molecule has 0 saturated carbocycles. The van der Waals surface area contributed by atoms with E-state index in [2.05, 4.69) is 11.1 Å². The van der Waals surface area contributed by atoms with Gasteiger partial charge in [-0.2, -0.15) is 0 Å². The molecule has 1 aromatic rings. The summed E-state index contributed by atoms with van der Waals surface area (Å²) in [7, 11) is 3.02. The van der Waals surface area contributed by atoms with Crippen molar-refractivity contribution in [2.24, 2.45) is 5.73 Å². The van der Waals surface area contributed by atoms with Crippen LogP contribution in [0.1, 0.15) is 0 Å². The number of hydrogen-bond acceptors (Lipinski definition) is 3. The molecule has 0 aliphatic rings. The van der Waals surface area contributed by atoms with Crippen LogP contribution in [-0.4, -0.2) is 20.2 Å². The molecule has 0 fully saturated rings. The predicted molar refractivity (Wildman–Crippen MR) is 58.9 cm³/mol. The van der Waals surface area contributed by atoms with Gasteiger partial charge in [0.05, 0.1) is 0 Å². The molecule has 0 radical (unpaired) electrons. The number of nitrogens with two attached hydrogens (primary N) is 1. The van der Waals surface area contributed by atoms with Gasteiger partial charge in [-0.1, -0.05) is 18.2 Å². The van der Waals surface area contributed by atoms with Crippen molar-refractivity contribution >= 4 is 18.5 Å². The smallest absolute Gasteiger partial charge is 0.410 e. The SMILES string of the molecule is CN.CNC(=O)Oc1ccccc1.Cl. The number of amides is 1. The quantitative estimate of drug-likeness (QED) is 0.749. The van der Waals surface area contributed by atoms with Crippen molar-refractivity contribution in [1.82, 2.24) is 5.32 Å². The molecule has 3 N–H and O–H groups in total. The van der Waals surface area contributed by atoms with Crippen molar-refractivity contribution < 1.29 is 9.53 Å². The molecule has 5 heteroatoms. The number of nitrogens with one attached hydrogen (secondary N) is 1. The van der Waals surface area contributed by atoms with Gasteiger partial charge in [-0.25, -0.2) is 4.79 Å². The number of carbonyl (C=O) groups excluding carboxylic acids is 1. The summed E-state index contributed by atoms with van der Waals surface area (Å²) < 4.78 is 4.81. The van der Waals surface area contributed by atoms with E-state index in [4.69, 9.17) is 4.74 Å². The van der Waals surface area contributed by atoms with E-state index < -0.39 is 6.09 Å². The molecule has 0 bridgehead atoms. The van der Waals surface area contributed by atoms with Crippen LogP contribution in [0, 0.1) is 0 Å². The zero-order valence-corrected chi connectivity index (χ0v) is 9.01. The Hall–Kier alpha value is -1.26. The molecule has 0 aliphatic heterocycles. The Morgan fingerprint density at radius 3 is 2.21 bits per heavy atom. The number of benzene rings is 1. The zero-order valence-electron chi connectivity index (χ0n) is 8.19. The van der Waals surface area contributed by atoms with Crippen molar-refractivity contribution in [1.29, 1.82) is 0 Å². The molecule has 1 amide bonds. The standard InChI is InChI=1S/C8H9NO2.CH5N.ClH/c1-9-8(10)11-7-5-3-2-4-6-7;1-2;/h2-6H,1H3,(H,9,10);2H2,1H3;1H. The van der Waals surface area contributed by atoms with E-state index in [1.165, 1.54) is 14.1 Å². The Morgan fingerprint density at radius 2 is 1.79 bits per heavy atom. The third kappa shape index (κ3) is 6.28. The molecule has 0 spiro atoms. The van der Waals surface area contributed by atoms with Crippen molar-refractivity contribution in [3.63, 3.8) is 0 Å². The first-order valence-electron chi connectivity index (χ1n) is 3.85. The second-order valence-electron chi connectivity index (χ2n) is 1.95. The topological polar surface area (TPSA) is 64.3 Å². The highest BCUT2D eigenvalue weighted by atomic mass is 35.5. The van der Waals surface area contributed by atoms with E-state index in [1.54, 1.807) is 24.3 Å². The van der Waals surface area contributed by atoms with Crippen LogP contribution in [0.5, 0.6) is 5.75 Å². The first-order chi connectivity index (χ1) is 6.33. The van der Waals surface area contributed by atoms with Gasteiger partial charge in [-0.05, 0) is 19.2 Å². The molecule has 0 unspecified atom stereocenters. The Bertz CT molecular complexity index is 242. The summed E-state index contributed by atoms with van der Waals surface area (Å²) in [6.07, 6.45) is -0.448. The fourth-order valence-electron chi connectivity index (χ4n) is 0.647. The van der Waals surface area contributed by atoms with Crippen LogP contribution in [0.25, 0.3) is 0 Å². The van der Waals surface area contributed by atoms with E-state index in [0.29, 0.717) is 5.75 Å². The number of carbonyl (C=O) groups is 1. The normalized spacial score (nSPS) is 7.36. The van der Waals surface area contributed by atoms with Gasteiger partial charge >= 0.3 is 6.09 Å². The first-order valence-corrected chi connectivity index (χ1v) is 3.85. The van der Waals surface area contributed by atoms with Gasteiger partial charge in [0, 0.05) is 7.05 Å². The second kappa shape index (κ2) is 9.83. The predicted octanol–water partition coefficient (Wildman–Crippen LogP) is 1.40. The van der Waals surface area contributed by atoms with Crippen molar-refractivity contribution in [2.45, 2.75) is 0 Å². The molecule has 0 atom stereocenters. The Labute approximate surface area is 89.8 Å². The van der Waals surface area contributed by atoms with Crippen molar-refractivity contribution in [2.75, 3.05) is 14.1 Å². The van der Waals surface area contributed by atoms with Gasteiger partial charge in [0.25, 0.3) is 0 Å². The minimum Gasteiger partial charge on any atom is -0.410 e. The number of rotatable bonds is 1. The molecule has 1 aromatic carbocycles. The summed E-state index contributed by atoms with van der Waals surface area (Å²) in [6, 6.07) is 8.90. The number of ether oxygens (including phenoxy) is 1. The van der Waals surface area contributed by atoms with Gasteiger partial charge in [0.1, 0.15) is 5.75 Å². The fourth-order valence-corrected chi connectivity index (χ4v) is 0.647. The summed E-state index contributed by atoms with van der Waals surface area (Å²) in [5, 5.41) is 2.35. The van der Waals surface area contributed by atoms with Crippen LogP contribution in [0.3, 0.4) is 0 Å². The average molecular weight is 219 g/mol. The second-order valence-corrected chi connectivity index (χ2v) is 1.95. The van der Waals surface area contributed by atoms with Crippen LogP contribution in [0.4, 0.5) is 4.79 Å². The van der Waals surface area contributed by atoms with Crippen molar-refractivity contribution in [3.8, 4) is 5.75 Å². The van der Waals surface area contributed by atoms with Crippen molar-refractivity contribution in [3.05, 3.63) is 30.3 Å². The lowest BCUT2D eigenvalue weighted by molar-refractivity contribution is 0.203. The lowest BCUT2D eigenvalue weighted by Gasteiger charge is -2.00. The number of para-hydroxylation sites is 1. The number of halogens is 1. The monoisotopic (exact) mass is 218 g/mol. The third-order valence-electron chi connectivity index (χ3n) is 1.16. The lowest BCUT2D eigenvalue weighted by Crippen LogP contribution is -2.21. The molecule has 0 saturated heterocycles. The van der Waals surface area contributed by atoms with Gasteiger partial charge in [-0.15, -0.1) is 12.4 Å². The minimum atomic E-state index is -0.448. The molecular formula is C9H15ClN2O2. The molecular weight excluding hydrogens is 204 g/mol. The minimum absolute atomic E-state index is 0. The molecule has 0 aromatic heterocycles. The fraction of sp³-hybridized carbons (Fsp3) is 0.222. The van der Waals surface area contributed by atoms with Gasteiger partial charge in [0.2, 0.25) is 0 Å². The van der Waals surface area contributed by atoms with E-state index in [9.17, 15) is 4.79 Å². The summed E-state index contributed by atoms with van der Waals surface area (Å²) in [6.45, 7) is 0. The number of hydrogen-bond donors (Lipinski definition) is 2. The Morgan fingerprint density at radius 1 is 1.29 bits per heavy atom. The van der Waals surface area contributed by atoms with Gasteiger partial charge < -0.3 is 15.8 Å². The van der Waals surface area contributed by atoms with Crippen LogP contribution in [0.2, 0.25) is 0 Å². The molecule has 4 nitrogen and oxygen atoms in total. The summed E-state index contributed by atoms with van der Waals surface area (Å²) >= 11 is 0. The Kier molecular flexibility index (Phi) is 10.7. The third-order valence-corrected chi connectivity index (χ3v) is 1.16. The molecule has 0 heterocycles. The molecule has 80 valence electrons. The summed E-state index contributed by atoms with van der Waals surface area (Å²) in [4.78, 5) is 10.6. The van der Waals surface area contributed by atoms with E-state index >= 15 is 0 Å². The average Bonchev–Trinajstić information content (AvgIpc) is 2.22. The largest absolute Gasteiger partial charge is 0.412 e. The molecule has 1 rings (SSSR count). The van der Waals surface area contributed by atoms with Crippen LogP contribution in [0.15, 0.2) is 30.3 Å². The van der Waals surface area contributed by atoms with Crippen LogP contribution < -0.4 is 15.8 Å². The van der Waals surface area contributed by atoms with Gasteiger partial charge in [0.15, 0.2) is 0 Å². The highest BCUT2D eigenvalue weighted by Gasteiger charge is 1.97. The highest BCUT2D eigenvalue weighted by molar-refractivity contribution is 5.85. The maximum Gasteiger partial charge on any atom is 0.412 e. The lowest BCUT2D eigenvalue weighted by atomic mass is 10.3. The summed E-state index contributed by atoms with van der Waals surface area (Å²) in [5.41, 5.74) is 4.50. The molecule has 0 aliphatic carbocycles. The van der Waals surface area contributed by atoms with E-state index in [1.807, 2.05) is 6.07 Å².